The summed E-state index contributed by atoms with van der Waals surface area (Å²) in [6, 6.07) is 14.8. The van der Waals surface area contributed by atoms with E-state index in [1.807, 2.05) is 30.3 Å². The van der Waals surface area contributed by atoms with Crippen LogP contribution in [0.4, 0.5) is 10.3 Å². The Morgan fingerprint density at radius 1 is 1.03 bits per heavy atom. The van der Waals surface area contributed by atoms with Gasteiger partial charge in [0.1, 0.15) is 5.82 Å². The first-order valence-electron chi connectivity index (χ1n) is 10.1. The third-order valence-corrected chi connectivity index (χ3v) is 5.37. The van der Waals surface area contributed by atoms with Gasteiger partial charge in [0.15, 0.2) is 0 Å². The molecule has 1 saturated heterocycles. The molecule has 31 heavy (non-hydrogen) atoms. The Labute approximate surface area is 178 Å². The Kier molecular flexibility index (Phi) is 5.13. The number of hydrogen-bond donors (Lipinski definition) is 0. The fourth-order valence-electron chi connectivity index (χ4n) is 3.58. The molecule has 1 aliphatic heterocycles. The molecule has 158 valence electrons. The molecule has 1 fully saturated rings. The van der Waals surface area contributed by atoms with Crippen molar-refractivity contribution in [2.45, 2.75) is 13.5 Å². The lowest BCUT2D eigenvalue weighted by Gasteiger charge is -2.33. The van der Waals surface area contributed by atoms with Crippen LogP contribution in [-0.2, 0) is 6.54 Å². The first-order chi connectivity index (χ1) is 15.2. The zero-order chi connectivity index (χ0) is 21.2. The van der Waals surface area contributed by atoms with Crippen LogP contribution in [0.5, 0.6) is 0 Å². The van der Waals surface area contributed by atoms with Gasteiger partial charge in [0.25, 0.3) is 0 Å². The summed E-state index contributed by atoms with van der Waals surface area (Å²) >= 11 is 0. The Bertz CT molecular complexity index is 1170. The molecule has 0 bridgehead atoms. The largest absolute Gasteiger partial charge is 0.338 e. The lowest BCUT2D eigenvalue weighted by Crippen LogP contribution is -2.46. The standard InChI is InChI=1S/C21H21FN8O/c1-15-7-8-16(13-18(15)22)20-23-19(31-25-20)14-28-9-11-29(12-10-28)21-24-26-27-30(21)17-5-3-2-4-6-17/h2-8,13H,9-12,14H2,1H3. The molecule has 0 N–H and O–H groups in total. The van der Waals surface area contributed by atoms with Gasteiger partial charge >= 0.3 is 0 Å². The van der Waals surface area contributed by atoms with E-state index in [2.05, 4.69) is 35.5 Å². The highest BCUT2D eigenvalue weighted by Crippen LogP contribution is 2.21. The van der Waals surface area contributed by atoms with Crippen LogP contribution in [0.15, 0.2) is 53.1 Å². The predicted octanol–water partition coefficient (Wildman–Crippen LogP) is 2.48. The van der Waals surface area contributed by atoms with Crippen LogP contribution in [0, 0.1) is 12.7 Å². The fourth-order valence-corrected chi connectivity index (χ4v) is 3.58. The van der Waals surface area contributed by atoms with E-state index >= 15 is 0 Å². The van der Waals surface area contributed by atoms with Crippen LogP contribution in [0.2, 0.25) is 0 Å². The zero-order valence-corrected chi connectivity index (χ0v) is 17.0. The second-order valence-electron chi connectivity index (χ2n) is 7.47. The Hall–Kier alpha value is -3.66. The van der Waals surface area contributed by atoms with Crippen molar-refractivity contribution < 1.29 is 8.91 Å². The number of anilines is 1. The number of halogens is 1. The van der Waals surface area contributed by atoms with Crippen LogP contribution in [-0.4, -0.2) is 61.4 Å². The lowest BCUT2D eigenvalue weighted by molar-refractivity contribution is 0.214. The van der Waals surface area contributed by atoms with E-state index in [9.17, 15) is 4.39 Å². The summed E-state index contributed by atoms with van der Waals surface area (Å²) in [6.07, 6.45) is 0. The molecule has 10 heteroatoms. The van der Waals surface area contributed by atoms with Crippen molar-refractivity contribution in [1.82, 2.24) is 35.2 Å². The molecule has 9 nitrogen and oxygen atoms in total. The molecule has 4 aromatic rings. The first kappa shape index (κ1) is 19.3. The predicted molar refractivity (Wildman–Crippen MR) is 111 cm³/mol. The number of aromatic nitrogens is 6. The molecule has 0 unspecified atom stereocenters. The molecule has 2 aromatic carbocycles. The van der Waals surface area contributed by atoms with Crippen molar-refractivity contribution in [3.05, 3.63) is 65.8 Å². The SMILES string of the molecule is Cc1ccc(-c2noc(CN3CCN(c4nnnn4-c4ccccc4)CC3)n2)cc1F. The van der Waals surface area contributed by atoms with Gasteiger partial charge in [-0.1, -0.05) is 40.6 Å². The van der Waals surface area contributed by atoms with Crippen molar-refractivity contribution in [1.29, 1.82) is 0 Å². The number of benzene rings is 2. The topological polar surface area (TPSA) is 89.0 Å². The van der Waals surface area contributed by atoms with Gasteiger partial charge in [-0.2, -0.15) is 9.67 Å². The number of nitrogens with zero attached hydrogens (tertiary/aromatic N) is 8. The monoisotopic (exact) mass is 420 g/mol. The molecule has 2 aromatic heterocycles. The van der Waals surface area contributed by atoms with Gasteiger partial charge in [-0.05, 0) is 41.1 Å². The van der Waals surface area contributed by atoms with Gasteiger partial charge < -0.3 is 9.42 Å². The number of aryl methyl sites for hydroxylation is 1. The Balaban J connectivity index is 1.22. The Morgan fingerprint density at radius 3 is 2.61 bits per heavy atom. The average molecular weight is 420 g/mol. The smallest absolute Gasteiger partial charge is 0.250 e. The van der Waals surface area contributed by atoms with Gasteiger partial charge in [-0.3, -0.25) is 4.90 Å². The number of hydrogen-bond acceptors (Lipinski definition) is 8. The van der Waals surface area contributed by atoms with Gasteiger partial charge in [0, 0.05) is 31.7 Å². The van der Waals surface area contributed by atoms with Crippen molar-refractivity contribution in [3.63, 3.8) is 0 Å². The highest BCUT2D eigenvalue weighted by molar-refractivity contribution is 5.54. The second-order valence-corrected chi connectivity index (χ2v) is 7.47. The van der Waals surface area contributed by atoms with E-state index in [1.54, 1.807) is 23.7 Å². The van der Waals surface area contributed by atoms with Gasteiger partial charge in [0.05, 0.1) is 12.2 Å². The van der Waals surface area contributed by atoms with Crippen LogP contribution >= 0.6 is 0 Å². The molecule has 0 amide bonds. The summed E-state index contributed by atoms with van der Waals surface area (Å²) < 4.78 is 21.0. The summed E-state index contributed by atoms with van der Waals surface area (Å²) in [4.78, 5) is 8.83. The minimum absolute atomic E-state index is 0.280. The summed E-state index contributed by atoms with van der Waals surface area (Å²) in [6.45, 7) is 5.42. The summed E-state index contributed by atoms with van der Waals surface area (Å²) in [5.74, 6) is 1.36. The maximum atomic E-state index is 13.8. The van der Waals surface area contributed by atoms with Crippen molar-refractivity contribution in [2.24, 2.45) is 0 Å². The quantitative estimate of drug-likeness (QED) is 0.487. The van der Waals surface area contributed by atoms with E-state index in [0.717, 1.165) is 37.8 Å². The third kappa shape index (κ3) is 4.02. The maximum absolute atomic E-state index is 13.8. The van der Waals surface area contributed by atoms with Crippen LogP contribution in [0.3, 0.4) is 0 Å². The first-order valence-corrected chi connectivity index (χ1v) is 10.1. The third-order valence-electron chi connectivity index (χ3n) is 5.37. The van der Waals surface area contributed by atoms with E-state index in [4.69, 9.17) is 4.52 Å². The molecular weight excluding hydrogens is 399 g/mol. The normalized spacial score (nSPS) is 14.8. The highest BCUT2D eigenvalue weighted by atomic mass is 19.1. The number of piperazine rings is 1. The van der Waals surface area contributed by atoms with Crippen molar-refractivity contribution in [2.75, 3.05) is 31.1 Å². The fraction of sp³-hybridized carbons (Fsp3) is 0.286. The van der Waals surface area contributed by atoms with E-state index in [-0.39, 0.29) is 5.82 Å². The number of rotatable bonds is 5. The molecule has 0 atom stereocenters. The molecule has 0 aliphatic carbocycles. The average Bonchev–Trinajstić information content (AvgIpc) is 3.47. The molecule has 0 radical (unpaired) electrons. The zero-order valence-electron chi connectivity index (χ0n) is 17.0. The molecule has 1 aliphatic rings. The molecular formula is C21H21FN8O. The minimum Gasteiger partial charge on any atom is -0.338 e. The van der Waals surface area contributed by atoms with Crippen LogP contribution < -0.4 is 4.90 Å². The molecule has 3 heterocycles. The van der Waals surface area contributed by atoms with Gasteiger partial charge in [-0.15, -0.1) is 0 Å². The van der Waals surface area contributed by atoms with E-state index in [1.165, 1.54) is 6.07 Å². The Morgan fingerprint density at radius 2 is 1.84 bits per heavy atom. The lowest BCUT2D eigenvalue weighted by atomic mass is 10.1. The van der Waals surface area contributed by atoms with E-state index < -0.39 is 0 Å². The summed E-state index contributed by atoms with van der Waals surface area (Å²) in [7, 11) is 0. The molecule has 0 spiro atoms. The number of para-hydroxylation sites is 1. The van der Waals surface area contributed by atoms with E-state index in [0.29, 0.717) is 29.4 Å². The minimum atomic E-state index is -0.280. The second kappa shape index (κ2) is 8.23. The molecule has 0 saturated carbocycles. The van der Waals surface area contributed by atoms with Crippen LogP contribution in [0.25, 0.3) is 17.1 Å². The summed E-state index contributed by atoms with van der Waals surface area (Å²) in [5, 5.41) is 16.2. The summed E-state index contributed by atoms with van der Waals surface area (Å²) in [5.41, 5.74) is 2.12. The van der Waals surface area contributed by atoms with Crippen LogP contribution in [0.1, 0.15) is 11.5 Å². The highest BCUT2D eigenvalue weighted by Gasteiger charge is 2.23. The van der Waals surface area contributed by atoms with Gasteiger partial charge in [0.2, 0.25) is 17.7 Å². The van der Waals surface area contributed by atoms with Crippen molar-refractivity contribution >= 4 is 5.95 Å². The number of tetrazole rings is 1. The maximum Gasteiger partial charge on any atom is 0.250 e. The molecule has 5 rings (SSSR count). The van der Waals surface area contributed by atoms with Gasteiger partial charge in [-0.25, -0.2) is 4.39 Å². The van der Waals surface area contributed by atoms with Crippen molar-refractivity contribution in [3.8, 4) is 17.1 Å².